The molecule has 0 aromatic heterocycles. The number of nitrogens with zero attached hydrogens (tertiary/aromatic N) is 1. The van der Waals surface area contributed by atoms with E-state index in [0.29, 0.717) is 13.0 Å². The third-order valence-corrected chi connectivity index (χ3v) is 5.42. The number of benzene rings is 1. The fraction of sp³-hybridized carbons (Fsp3) is 0.500. The summed E-state index contributed by atoms with van der Waals surface area (Å²) in [5, 5.41) is -0.427. The lowest BCUT2D eigenvalue weighted by Gasteiger charge is -2.19. The van der Waals surface area contributed by atoms with Crippen LogP contribution in [0.15, 0.2) is 18.2 Å². The molecule has 1 aromatic carbocycles. The lowest BCUT2D eigenvalue weighted by Crippen LogP contribution is -2.33. The molecule has 94 valence electrons. The third-order valence-electron chi connectivity index (χ3n) is 3.14. The zero-order chi connectivity index (χ0) is 12.6. The van der Waals surface area contributed by atoms with Crippen LogP contribution in [0.4, 0.5) is 5.69 Å². The van der Waals surface area contributed by atoms with E-state index in [9.17, 15) is 8.42 Å². The summed E-state index contributed by atoms with van der Waals surface area (Å²) in [5.41, 5.74) is 8.42. The maximum absolute atomic E-state index is 12.2. The highest BCUT2D eigenvalue weighted by Crippen LogP contribution is 2.29. The maximum Gasteiger partial charge on any atom is 0.239 e. The van der Waals surface area contributed by atoms with Crippen LogP contribution in [-0.2, 0) is 10.0 Å². The first-order valence-electron chi connectivity index (χ1n) is 5.75. The highest BCUT2D eigenvalue weighted by Gasteiger charge is 2.37. The van der Waals surface area contributed by atoms with Crippen LogP contribution < -0.4 is 10.0 Å². The van der Waals surface area contributed by atoms with E-state index in [4.69, 9.17) is 5.73 Å². The van der Waals surface area contributed by atoms with Gasteiger partial charge in [0.25, 0.3) is 0 Å². The van der Waals surface area contributed by atoms with Crippen molar-refractivity contribution < 1.29 is 8.42 Å². The van der Waals surface area contributed by atoms with Gasteiger partial charge in [-0.3, -0.25) is 4.31 Å². The van der Waals surface area contributed by atoms with Gasteiger partial charge in [0.1, 0.15) is 0 Å². The average molecular weight is 254 g/mol. The molecule has 0 amide bonds. The van der Waals surface area contributed by atoms with E-state index in [-0.39, 0.29) is 6.54 Å². The van der Waals surface area contributed by atoms with E-state index in [1.165, 1.54) is 4.31 Å². The summed E-state index contributed by atoms with van der Waals surface area (Å²) in [5.74, 6) is 0. The largest absolute Gasteiger partial charge is 0.329 e. The summed E-state index contributed by atoms with van der Waals surface area (Å²) in [6.07, 6.45) is 0.617. The first-order chi connectivity index (χ1) is 7.95. The van der Waals surface area contributed by atoms with Crippen molar-refractivity contribution in [3.63, 3.8) is 0 Å². The Hall–Kier alpha value is -1.07. The van der Waals surface area contributed by atoms with Gasteiger partial charge in [0.15, 0.2) is 0 Å². The zero-order valence-corrected chi connectivity index (χ0v) is 11.0. The molecule has 1 aromatic rings. The number of hydrogen-bond donors (Lipinski definition) is 1. The molecule has 1 aliphatic rings. The Balaban J connectivity index is 2.42. The van der Waals surface area contributed by atoms with Crippen molar-refractivity contribution in [1.82, 2.24) is 0 Å². The molecule has 0 unspecified atom stereocenters. The molecule has 1 heterocycles. The van der Waals surface area contributed by atoms with E-state index in [2.05, 4.69) is 0 Å². The molecule has 0 radical (unpaired) electrons. The molecule has 2 rings (SSSR count). The van der Waals surface area contributed by atoms with E-state index in [1.807, 2.05) is 32.0 Å². The molecule has 2 N–H and O–H groups in total. The van der Waals surface area contributed by atoms with Gasteiger partial charge in [0, 0.05) is 13.1 Å². The molecule has 17 heavy (non-hydrogen) atoms. The molecular formula is C12H18N2O2S. The topological polar surface area (TPSA) is 63.4 Å². The highest BCUT2D eigenvalue weighted by molar-refractivity contribution is 7.93. The number of anilines is 1. The summed E-state index contributed by atoms with van der Waals surface area (Å²) < 4.78 is 25.9. The van der Waals surface area contributed by atoms with Gasteiger partial charge < -0.3 is 5.73 Å². The van der Waals surface area contributed by atoms with Gasteiger partial charge in [-0.1, -0.05) is 6.07 Å². The maximum atomic E-state index is 12.2. The Morgan fingerprint density at radius 1 is 1.29 bits per heavy atom. The Bertz CT molecular complexity index is 505. The predicted molar refractivity (Wildman–Crippen MR) is 69.6 cm³/mol. The molecule has 0 saturated carbocycles. The average Bonchev–Trinajstić information content (AvgIpc) is 2.51. The Morgan fingerprint density at radius 3 is 2.35 bits per heavy atom. The fourth-order valence-electron chi connectivity index (χ4n) is 2.33. The summed E-state index contributed by atoms with van der Waals surface area (Å²) in [4.78, 5) is 0. The molecule has 1 atom stereocenters. The minimum Gasteiger partial charge on any atom is -0.329 e. The van der Waals surface area contributed by atoms with Crippen molar-refractivity contribution in [3.05, 3.63) is 29.3 Å². The summed E-state index contributed by atoms with van der Waals surface area (Å²) >= 11 is 0. The number of sulfonamides is 1. The molecule has 4 nitrogen and oxygen atoms in total. The standard InChI is InChI=1S/C12H18N2O2S/c1-9-5-10(2)7-11(6-9)14-4-3-12(8-13)17(14,15)16/h5-7,12H,3-4,8,13H2,1-2H3/t12-/m1/s1. The Morgan fingerprint density at radius 2 is 1.88 bits per heavy atom. The van der Waals surface area contributed by atoms with Crippen LogP contribution in [0.1, 0.15) is 17.5 Å². The fourth-order valence-corrected chi connectivity index (χ4v) is 4.09. The van der Waals surface area contributed by atoms with Gasteiger partial charge in [-0.15, -0.1) is 0 Å². The Labute approximate surface area is 102 Å². The van der Waals surface area contributed by atoms with Crippen LogP contribution in [0.5, 0.6) is 0 Å². The van der Waals surface area contributed by atoms with Gasteiger partial charge >= 0.3 is 0 Å². The minimum atomic E-state index is -3.26. The van der Waals surface area contributed by atoms with Crippen LogP contribution in [0.3, 0.4) is 0 Å². The summed E-state index contributed by atoms with van der Waals surface area (Å²) in [7, 11) is -3.26. The van der Waals surface area contributed by atoms with Crippen LogP contribution in [0.2, 0.25) is 0 Å². The second-order valence-corrected chi connectivity index (χ2v) is 6.75. The monoisotopic (exact) mass is 254 g/mol. The van der Waals surface area contributed by atoms with Gasteiger partial charge in [-0.05, 0) is 43.5 Å². The number of hydrogen-bond acceptors (Lipinski definition) is 3. The zero-order valence-electron chi connectivity index (χ0n) is 10.2. The molecule has 1 fully saturated rings. The molecule has 0 bridgehead atoms. The minimum absolute atomic E-state index is 0.198. The molecular weight excluding hydrogens is 236 g/mol. The molecule has 1 saturated heterocycles. The van der Waals surface area contributed by atoms with E-state index in [0.717, 1.165) is 16.8 Å². The number of rotatable bonds is 2. The molecule has 1 aliphatic heterocycles. The van der Waals surface area contributed by atoms with Crippen LogP contribution >= 0.6 is 0 Å². The third kappa shape index (κ3) is 2.17. The van der Waals surface area contributed by atoms with Crippen molar-refractivity contribution in [3.8, 4) is 0 Å². The van der Waals surface area contributed by atoms with Crippen molar-refractivity contribution in [2.75, 3.05) is 17.4 Å². The highest BCUT2D eigenvalue weighted by atomic mass is 32.2. The van der Waals surface area contributed by atoms with E-state index >= 15 is 0 Å². The SMILES string of the molecule is Cc1cc(C)cc(N2CC[C@H](CN)S2(=O)=O)c1. The molecule has 0 spiro atoms. The predicted octanol–water partition coefficient (Wildman–Crippen LogP) is 1.17. The van der Waals surface area contributed by atoms with Gasteiger partial charge in [-0.25, -0.2) is 8.42 Å². The Kier molecular flexibility index (Phi) is 3.14. The second-order valence-electron chi connectivity index (χ2n) is 4.61. The second kappa shape index (κ2) is 4.31. The van der Waals surface area contributed by atoms with Gasteiger partial charge in [-0.2, -0.15) is 0 Å². The number of nitrogens with two attached hydrogens (primary N) is 1. The summed E-state index contributed by atoms with van der Waals surface area (Å²) in [6, 6.07) is 5.85. The van der Waals surface area contributed by atoms with Crippen LogP contribution in [0, 0.1) is 13.8 Å². The van der Waals surface area contributed by atoms with Crippen molar-refractivity contribution in [2.24, 2.45) is 5.73 Å². The lowest BCUT2D eigenvalue weighted by molar-refractivity contribution is 0.588. The lowest BCUT2D eigenvalue weighted by atomic mass is 10.1. The van der Waals surface area contributed by atoms with Crippen molar-refractivity contribution in [2.45, 2.75) is 25.5 Å². The van der Waals surface area contributed by atoms with Gasteiger partial charge in [0.2, 0.25) is 10.0 Å². The smallest absolute Gasteiger partial charge is 0.239 e. The molecule has 5 heteroatoms. The first-order valence-corrected chi connectivity index (χ1v) is 7.25. The van der Waals surface area contributed by atoms with Crippen LogP contribution in [-0.4, -0.2) is 26.8 Å². The van der Waals surface area contributed by atoms with E-state index < -0.39 is 15.3 Å². The van der Waals surface area contributed by atoms with E-state index in [1.54, 1.807) is 0 Å². The van der Waals surface area contributed by atoms with Crippen molar-refractivity contribution >= 4 is 15.7 Å². The summed E-state index contributed by atoms with van der Waals surface area (Å²) in [6.45, 7) is 4.68. The molecule has 0 aliphatic carbocycles. The first kappa shape index (κ1) is 12.4. The van der Waals surface area contributed by atoms with Crippen LogP contribution in [0.25, 0.3) is 0 Å². The quantitative estimate of drug-likeness (QED) is 0.861. The van der Waals surface area contributed by atoms with Crippen molar-refractivity contribution in [1.29, 1.82) is 0 Å². The number of aryl methyl sites for hydroxylation is 2. The van der Waals surface area contributed by atoms with Gasteiger partial charge in [0.05, 0.1) is 10.9 Å². The normalized spacial score (nSPS) is 23.0.